The molecule has 0 unspecified atom stereocenters. The molecule has 2 nitrogen and oxygen atoms in total. The maximum absolute atomic E-state index is 4.35. The van der Waals surface area contributed by atoms with Crippen LogP contribution >= 0.6 is 0 Å². The first-order valence-corrected chi connectivity index (χ1v) is 6.74. The number of nitrogens with zero attached hydrogens (tertiary/aromatic N) is 1. The van der Waals surface area contributed by atoms with Crippen molar-refractivity contribution in [2.45, 2.75) is 53.4 Å². The first-order chi connectivity index (χ1) is 7.61. The molecule has 2 aliphatic rings. The average molecular weight is 238 g/mol. The Balaban J connectivity index is 0.000000284. The second-order valence-electron chi connectivity index (χ2n) is 5.34. The van der Waals surface area contributed by atoms with Crippen LogP contribution in [-0.2, 0) is 0 Å². The van der Waals surface area contributed by atoms with E-state index in [0.717, 1.165) is 12.5 Å². The Kier molecular flexibility index (Phi) is 8.11. The summed E-state index contributed by atoms with van der Waals surface area (Å²) in [4.78, 5) is 7.72. The van der Waals surface area contributed by atoms with Gasteiger partial charge in [0.25, 0.3) is 0 Å². The molecule has 2 heterocycles. The minimum Gasteiger partial charge on any atom is -0.358 e. The highest BCUT2D eigenvalue weighted by Gasteiger charge is 2.15. The lowest BCUT2D eigenvalue weighted by molar-refractivity contribution is -0.449. The van der Waals surface area contributed by atoms with Gasteiger partial charge in [-0.1, -0.05) is 27.7 Å². The quantitative estimate of drug-likeness (QED) is 0.715. The van der Waals surface area contributed by atoms with E-state index in [9.17, 15) is 0 Å². The van der Waals surface area contributed by atoms with E-state index in [1.165, 1.54) is 37.9 Å². The number of hydrogen-bond donors (Lipinski definition) is 1. The molecule has 0 amide bonds. The van der Waals surface area contributed by atoms with Crippen LogP contribution in [0.4, 0.5) is 0 Å². The largest absolute Gasteiger partial charge is 0.358 e. The molecule has 0 atom stereocenters. The third-order valence-electron chi connectivity index (χ3n) is 3.24. The maximum Gasteiger partial charge on any atom is 0.153 e. The van der Waals surface area contributed by atoms with Gasteiger partial charge in [-0.2, -0.15) is 0 Å². The van der Waals surface area contributed by atoms with Gasteiger partial charge < -0.3 is 7.43 Å². The molecule has 0 saturated carbocycles. The Labute approximate surface area is 108 Å². The van der Waals surface area contributed by atoms with Gasteiger partial charge in [-0.25, -0.2) is 4.99 Å². The first-order valence-electron chi connectivity index (χ1n) is 6.74. The van der Waals surface area contributed by atoms with Gasteiger partial charge in [0.15, 0.2) is 5.71 Å². The highest BCUT2D eigenvalue weighted by molar-refractivity contribution is 5.87. The monoisotopic (exact) mass is 238 g/mol. The van der Waals surface area contributed by atoms with Crippen molar-refractivity contribution in [3.8, 4) is 0 Å². The van der Waals surface area contributed by atoms with E-state index >= 15 is 0 Å². The second-order valence-corrected chi connectivity index (χ2v) is 5.34. The summed E-state index contributed by atoms with van der Waals surface area (Å²) in [6, 6.07) is 0. The van der Waals surface area contributed by atoms with Gasteiger partial charge in [0, 0.05) is 31.0 Å². The summed E-state index contributed by atoms with van der Waals surface area (Å²) in [7, 11) is 0. The molecule has 0 aromatic carbocycles. The summed E-state index contributed by atoms with van der Waals surface area (Å²) >= 11 is 0. The van der Waals surface area contributed by atoms with Crippen LogP contribution in [0.2, 0.25) is 0 Å². The summed E-state index contributed by atoms with van der Waals surface area (Å²) in [6.45, 7) is 11.2. The molecule has 0 radical (unpaired) electrons. The minimum absolute atomic E-state index is 0. The third-order valence-corrected chi connectivity index (χ3v) is 3.24. The van der Waals surface area contributed by atoms with Gasteiger partial charge in [-0.05, 0) is 18.8 Å². The van der Waals surface area contributed by atoms with Crippen LogP contribution in [0.15, 0.2) is 4.99 Å². The average Bonchev–Trinajstić information content (AvgIpc) is 2.93. The van der Waals surface area contributed by atoms with Gasteiger partial charge >= 0.3 is 0 Å². The maximum atomic E-state index is 4.35. The summed E-state index contributed by atoms with van der Waals surface area (Å²) < 4.78 is 0. The molecule has 0 saturated heterocycles. The highest BCUT2D eigenvalue weighted by Crippen LogP contribution is 2.10. The number of nitrogens with one attached hydrogen (secondary N) is 1. The van der Waals surface area contributed by atoms with Crippen molar-refractivity contribution in [2.75, 3.05) is 13.1 Å². The van der Waals surface area contributed by atoms with Crippen molar-refractivity contribution in [1.82, 2.24) is 0 Å². The zero-order valence-corrected chi connectivity index (χ0v) is 12.3. The first kappa shape index (κ1) is 16.3. The fourth-order valence-electron chi connectivity index (χ4n) is 2.14. The molecule has 0 aromatic rings. The molecule has 1 N–H and O–H groups in total. The smallest absolute Gasteiger partial charge is 0.153 e. The third kappa shape index (κ3) is 5.99. The molecule has 0 aliphatic carbocycles. The predicted octanol–water partition coefficient (Wildman–Crippen LogP) is 2.29. The predicted molar refractivity (Wildman–Crippen MR) is 77.7 cm³/mol. The lowest BCUT2D eigenvalue weighted by atomic mass is 10.1. The second kappa shape index (κ2) is 8.43. The Morgan fingerprint density at radius 1 is 1.00 bits per heavy atom. The summed E-state index contributed by atoms with van der Waals surface area (Å²) in [5.41, 5.74) is 2.97. The van der Waals surface area contributed by atoms with Crippen LogP contribution in [-0.4, -0.2) is 24.5 Å². The molecular weight excluding hydrogens is 208 g/mol. The molecular formula is C15H30N2. The number of aliphatic imine (C=N–C) groups is 1. The van der Waals surface area contributed by atoms with E-state index in [1.807, 2.05) is 0 Å². The molecule has 17 heavy (non-hydrogen) atoms. The van der Waals surface area contributed by atoms with Crippen molar-refractivity contribution in [3.63, 3.8) is 0 Å². The van der Waals surface area contributed by atoms with E-state index in [2.05, 4.69) is 37.7 Å². The lowest BCUT2D eigenvalue weighted by Gasteiger charge is -2.00. The minimum atomic E-state index is 0. The van der Waals surface area contributed by atoms with Crippen molar-refractivity contribution in [1.29, 1.82) is 0 Å². The van der Waals surface area contributed by atoms with Crippen molar-refractivity contribution in [2.24, 2.45) is 16.8 Å². The molecule has 0 aromatic heterocycles. The Hall–Kier alpha value is -0.660. The van der Waals surface area contributed by atoms with Crippen LogP contribution in [0.25, 0.3) is 0 Å². The van der Waals surface area contributed by atoms with Crippen molar-refractivity contribution in [3.05, 3.63) is 7.43 Å². The molecule has 2 aliphatic heterocycles. The van der Waals surface area contributed by atoms with Crippen LogP contribution in [0, 0.1) is 19.3 Å². The zero-order valence-electron chi connectivity index (χ0n) is 12.3. The van der Waals surface area contributed by atoms with Crippen molar-refractivity contribution >= 4 is 11.4 Å². The summed E-state index contributed by atoms with van der Waals surface area (Å²) in [6.07, 6.45) is 5.18. The van der Waals surface area contributed by atoms with Crippen LogP contribution in [0.3, 0.4) is 0 Å². The van der Waals surface area contributed by atoms with Gasteiger partial charge in [0.1, 0.15) is 6.54 Å². The van der Waals surface area contributed by atoms with E-state index in [-0.39, 0.29) is 7.43 Å². The van der Waals surface area contributed by atoms with E-state index < -0.39 is 0 Å². The molecule has 2 heteroatoms. The van der Waals surface area contributed by atoms with E-state index in [4.69, 9.17) is 0 Å². The SMILES string of the molecule is CC(C)C1=NCCC1.CC(C)C1=[NH+]CCC1.[CH3-]. The van der Waals surface area contributed by atoms with Crippen LogP contribution in [0.1, 0.15) is 53.4 Å². The zero-order chi connectivity index (χ0) is 12.0. The van der Waals surface area contributed by atoms with E-state index in [1.54, 1.807) is 5.71 Å². The van der Waals surface area contributed by atoms with Crippen molar-refractivity contribution < 1.29 is 4.99 Å². The van der Waals surface area contributed by atoms with Gasteiger partial charge in [0.2, 0.25) is 0 Å². The Bertz CT molecular complexity index is 234. The summed E-state index contributed by atoms with van der Waals surface area (Å²) in [5, 5.41) is 0. The van der Waals surface area contributed by atoms with Crippen LogP contribution in [0.5, 0.6) is 0 Å². The fourth-order valence-corrected chi connectivity index (χ4v) is 2.14. The standard InChI is InChI=1S/2C7H13N.CH3/c2*1-6(2)7-4-3-5-8-7;/h2*6H,3-5H2,1-2H3;1H3/q;;-1/p+1. The van der Waals surface area contributed by atoms with Crippen LogP contribution < -0.4 is 4.99 Å². The molecule has 0 bridgehead atoms. The lowest BCUT2D eigenvalue weighted by Crippen LogP contribution is -2.70. The van der Waals surface area contributed by atoms with Gasteiger partial charge in [-0.15, -0.1) is 0 Å². The Morgan fingerprint density at radius 2 is 1.71 bits per heavy atom. The summed E-state index contributed by atoms with van der Waals surface area (Å²) in [5.74, 6) is 1.44. The molecule has 0 spiro atoms. The molecule has 100 valence electrons. The van der Waals surface area contributed by atoms with Gasteiger partial charge in [0.05, 0.1) is 0 Å². The normalized spacial score (nSPS) is 18.5. The molecule has 2 rings (SSSR count). The number of hydrogen-bond acceptors (Lipinski definition) is 1. The number of rotatable bonds is 2. The van der Waals surface area contributed by atoms with E-state index in [0.29, 0.717) is 5.92 Å². The fraction of sp³-hybridized carbons (Fsp3) is 0.800. The molecule has 0 fully saturated rings. The topological polar surface area (TPSA) is 26.3 Å². The van der Waals surface area contributed by atoms with Gasteiger partial charge in [-0.3, -0.25) is 4.99 Å². The Morgan fingerprint density at radius 3 is 1.94 bits per heavy atom. The highest BCUT2D eigenvalue weighted by atomic mass is 14.8.